The fraction of sp³-hybridized carbons (Fsp3) is 0.0435. The number of furan rings is 1. The smallest absolute Gasteiger partial charge is 0.323 e. The van der Waals surface area contributed by atoms with Gasteiger partial charge in [-0.15, -0.1) is 0 Å². The molecule has 0 aliphatic rings. The first-order valence-corrected chi connectivity index (χ1v) is 11.5. The molecule has 4 N–H and O–H groups in total. The van der Waals surface area contributed by atoms with Crippen molar-refractivity contribution in [2.45, 2.75) is 11.4 Å². The number of hydrogen-bond donors (Lipinski definition) is 4. The lowest BCUT2D eigenvalue weighted by Crippen LogP contribution is -2.22. The first kappa shape index (κ1) is 20.6. The number of rotatable bonds is 6. The fourth-order valence-corrected chi connectivity index (χ4v) is 4.56. The molecule has 10 heteroatoms. The van der Waals surface area contributed by atoms with Gasteiger partial charge in [-0.2, -0.15) is 0 Å². The quantitative estimate of drug-likeness (QED) is 0.307. The highest BCUT2D eigenvalue weighted by molar-refractivity contribution is 7.92. The minimum Gasteiger partial charge on any atom is -0.459 e. The number of aromatic nitrogens is 2. The number of imidazole rings is 1. The summed E-state index contributed by atoms with van der Waals surface area (Å²) in [5.74, 6) is 0.321. The standard InChI is InChI=1S/C23H18N4O5S/c28-22(24-13-17-11-15-3-1-2-4-21(15)32-17)14-5-7-16(8-6-14)27-33(30,31)18-9-10-19-20(12-18)26-23(29)25-19/h1-12,27H,13H2,(H,24,28)(H2,25,26,29). The Labute approximate surface area is 187 Å². The third-order valence-electron chi connectivity index (χ3n) is 5.10. The van der Waals surface area contributed by atoms with Crippen LogP contribution in [0, 0.1) is 0 Å². The van der Waals surface area contributed by atoms with Gasteiger partial charge in [0.2, 0.25) is 0 Å². The molecule has 3 aromatic carbocycles. The van der Waals surface area contributed by atoms with Crippen molar-refractivity contribution in [1.29, 1.82) is 0 Å². The molecule has 33 heavy (non-hydrogen) atoms. The molecule has 5 aromatic rings. The van der Waals surface area contributed by atoms with Crippen LogP contribution in [-0.2, 0) is 16.6 Å². The molecule has 0 fully saturated rings. The van der Waals surface area contributed by atoms with E-state index in [4.69, 9.17) is 4.42 Å². The zero-order chi connectivity index (χ0) is 23.0. The van der Waals surface area contributed by atoms with E-state index in [1.807, 2.05) is 30.3 Å². The van der Waals surface area contributed by atoms with Gasteiger partial charge in [0.15, 0.2) is 0 Å². The average molecular weight is 462 g/mol. The van der Waals surface area contributed by atoms with Crippen LogP contribution in [0.5, 0.6) is 0 Å². The molecule has 0 aliphatic heterocycles. The summed E-state index contributed by atoms with van der Waals surface area (Å²) in [6, 6.07) is 19.8. The predicted molar refractivity (Wildman–Crippen MR) is 124 cm³/mol. The number of sulfonamides is 1. The van der Waals surface area contributed by atoms with Crippen molar-refractivity contribution in [1.82, 2.24) is 15.3 Å². The molecule has 0 bridgehead atoms. The third-order valence-corrected chi connectivity index (χ3v) is 6.48. The fourth-order valence-electron chi connectivity index (χ4n) is 3.48. The number of hydrogen-bond acceptors (Lipinski definition) is 5. The van der Waals surface area contributed by atoms with Gasteiger partial charge in [0, 0.05) is 16.6 Å². The summed E-state index contributed by atoms with van der Waals surface area (Å²) in [5, 5.41) is 3.74. The molecule has 0 radical (unpaired) electrons. The summed E-state index contributed by atoms with van der Waals surface area (Å²) in [7, 11) is -3.89. The number of benzene rings is 3. The van der Waals surface area contributed by atoms with Crippen LogP contribution in [0.3, 0.4) is 0 Å². The van der Waals surface area contributed by atoms with E-state index in [2.05, 4.69) is 20.0 Å². The van der Waals surface area contributed by atoms with Crippen molar-refractivity contribution in [2.75, 3.05) is 4.72 Å². The van der Waals surface area contributed by atoms with Gasteiger partial charge in [0.1, 0.15) is 11.3 Å². The molecular formula is C23H18N4O5S. The van der Waals surface area contributed by atoms with Crippen molar-refractivity contribution < 1.29 is 17.6 Å². The van der Waals surface area contributed by atoms with Gasteiger partial charge in [-0.25, -0.2) is 13.2 Å². The van der Waals surface area contributed by atoms with Crippen LogP contribution in [0.2, 0.25) is 0 Å². The van der Waals surface area contributed by atoms with Crippen LogP contribution in [0.25, 0.3) is 22.0 Å². The van der Waals surface area contributed by atoms with Crippen molar-refractivity contribution in [2.24, 2.45) is 0 Å². The highest BCUT2D eigenvalue weighted by atomic mass is 32.2. The molecule has 0 saturated heterocycles. The molecule has 2 heterocycles. The van der Waals surface area contributed by atoms with E-state index >= 15 is 0 Å². The Morgan fingerprint density at radius 1 is 0.909 bits per heavy atom. The summed E-state index contributed by atoms with van der Waals surface area (Å²) in [4.78, 5) is 28.9. The first-order chi connectivity index (χ1) is 15.9. The van der Waals surface area contributed by atoms with E-state index < -0.39 is 15.7 Å². The molecular weight excluding hydrogens is 444 g/mol. The number of fused-ring (bicyclic) bond motifs is 2. The Balaban J connectivity index is 1.26. The van der Waals surface area contributed by atoms with E-state index in [-0.39, 0.29) is 17.3 Å². The minimum atomic E-state index is -3.89. The number of anilines is 1. The molecule has 5 rings (SSSR count). The molecule has 2 aromatic heterocycles. The molecule has 0 saturated carbocycles. The molecule has 166 valence electrons. The number of amides is 1. The van der Waals surface area contributed by atoms with Crippen LogP contribution in [0.15, 0.2) is 86.9 Å². The zero-order valence-electron chi connectivity index (χ0n) is 17.1. The molecule has 0 atom stereocenters. The monoisotopic (exact) mass is 462 g/mol. The highest BCUT2D eigenvalue weighted by Gasteiger charge is 2.16. The van der Waals surface area contributed by atoms with Crippen LogP contribution >= 0.6 is 0 Å². The maximum atomic E-state index is 12.7. The Morgan fingerprint density at radius 2 is 1.67 bits per heavy atom. The molecule has 9 nitrogen and oxygen atoms in total. The first-order valence-electron chi connectivity index (χ1n) is 9.98. The Kier molecular flexibility index (Phi) is 4.98. The summed E-state index contributed by atoms with van der Waals surface area (Å²) < 4.78 is 33.6. The lowest BCUT2D eigenvalue weighted by molar-refractivity contribution is 0.0948. The Morgan fingerprint density at radius 3 is 2.45 bits per heavy atom. The third kappa shape index (κ3) is 4.23. The minimum absolute atomic E-state index is 0.00194. The van der Waals surface area contributed by atoms with Crippen molar-refractivity contribution in [3.63, 3.8) is 0 Å². The second kappa shape index (κ2) is 7.99. The largest absolute Gasteiger partial charge is 0.459 e. The maximum absolute atomic E-state index is 12.7. The van der Waals surface area contributed by atoms with Crippen molar-refractivity contribution >= 4 is 43.6 Å². The van der Waals surface area contributed by atoms with Crippen molar-refractivity contribution in [3.05, 3.63) is 94.6 Å². The summed E-state index contributed by atoms with van der Waals surface area (Å²) >= 11 is 0. The average Bonchev–Trinajstić information content (AvgIpc) is 3.39. The highest BCUT2D eigenvalue weighted by Crippen LogP contribution is 2.20. The van der Waals surface area contributed by atoms with E-state index in [0.717, 1.165) is 11.0 Å². The summed E-state index contributed by atoms with van der Waals surface area (Å²) in [5.41, 5.74) is 1.91. The van der Waals surface area contributed by atoms with Gasteiger partial charge in [-0.3, -0.25) is 9.52 Å². The van der Waals surface area contributed by atoms with Gasteiger partial charge in [-0.05, 0) is 54.6 Å². The van der Waals surface area contributed by atoms with Gasteiger partial charge >= 0.3 is 5.69 Å². The summed E-state index contributed by atoms with van der Waals surface area (Å²) in [6.07, 6.45) is 0. The van der Waals surface area contributed by atoms with Gasteiger partial charge in [0.05, 0.1) is 22.5 Å². The molecule has 1 amide bonds. The maximum Gasteiger partial charge on any atom is 0.323 e. The number of aromatic amines is 2. The van der Waals surface area contributed by atoms with Crippen LogP contribution < -0.4 is 15.7 Å². The van der Waals surface area contributed by atoms with Gasteiger partial charge in [0.25, 0.3) is 15.9 Å². The zero-order valence-corrected chi connectivity index (χ0v) is 17.9. The molecule has 0 unspecified atom stereocenters. The van der Waals surface area contributed by atoms with E-state index in [1.165, 1.54) is 42.5 Å². The molecule has 0 spiro atoms. The Hall–Kier alpha value is -4.31. The van der Waals surface area contributed by atoms with Gasteiger partial charge < -0.3 is 19.7 Å². The number of para-hydroxylation sites is 1. The van der Waals surface area contributed by atoms with Crippen LogP contribution in [0.4, 0.5) is 5.69 Å². The Bertz CT molecular complexity index is 1610. The predicted octanol–water partition coefficient (Wildman–Crippen LogP) is 3.33. The second-order valence-corrected chi connectivity index (χ2v) is 9.08. The number of carbonyl (C=O) groups is 1. The topological polar surface area (TPSA) is 137 Å². The lowest BCUT2D eigenvalue weighted by Gasteiger charge is -2.09. The second-order valence-electron chi connectivity index (χ2n) is 7.40. The van der Waals surface area contributed by atoms with E-state index in [9.17, 15) is 18.0 Å². The normalized spacial score (nSPS) is 11.6. The number of nitrogens with one attached hydrogen (secondary N) is 4. The van der Waals surface area contributed by atoms with Crippen LogP contribution in [0.1, 0.15) is 16.1 Å². The lowest BCUT2D eigenvalue weighted by atomic mass is 10.2. The van der Waals surface area contributed by atoms with E-state index in [0.29, 0.717) is 28.0 Å². The molecule has 0 aliphatic carbocycles. The number of H-pyrrole nitrogens is 2. The van der Waals surface area contributed by atoms with Gasteiger partial charge in [-0.1, -0.05) is 18.2 Å². The number of carbonyl (C=O) groups excluding carboxylic acids is 1. The summed E-state index contributed by atoms with van der Waals surface area (Å²) in [6.45, 7) is 0.228. The SMILES string of the molecule is O=C(NCc1cc2ccccc2o1)c1ccc(NS(=O)(=O)c2ccc3[nH]c(=O)[nH]c3c2)cc1. The van der Waals surface area contributed by atoms with E-state index in [1.54, 1.807) is 0 Å². The van der Waals surface area contributed by atoms with Crippen molar-refractivity contribution in [3.8, 4) is 0 Å². The van der Waals surface area contributed by atoms with Crippen LogP contribution in [-0.4, -0.2) is 24.3 Å².